The van der Waals surface area contributed by atoms with E-state index in [1.807, 2.05) is 12.1 Å². The Balaban J connectivity index is 1.49. The molecule has 0 spiro atoms. The van der Waals surface area contributed by atoms with Crippen molar-refractivity contribution in [1.82, 2.24) is 19.5 Å². The van der Waals surface area contributed by atoms with E-state index in [9.17, 15) is 9.59 Å². The molecule has 0 aliphatic carbocycles. The topological polar surface area (TPSA) is 86.9 Å². The molecule has 1 amide bonds. The Bertz CT molecular complexity index is 1110. The second kappa shape index (κ2) is 10.1. The lowest BCUT2D eigenvalue weighted by molar-refractivity contribution is -0.116. The van der Waals surface area contributed by atoms with E-state index < -0.39 is 0 Å². The van der Waals surface area contributed by atoms with Crippen LogP contribution in [0.1, 0.15) is 12.0 Å². The van der Waals surface area contributed by atoms with Crippen LogP contribution >= 0.6 is 0 Å². The van der Waals surface area contributed by atoms with Gasteiger partial charge in [0.25, 0.3) is 0 Å². The Labute approximate surface area is 174 Å². The summed E-state index contributed by atoms with van der Waals surface area (Å²) in [5.74, 6) is 0.974. The van der Waals surface area contributed by atoms with E-state index in [2.05, 4.69) is 17.0 Å². The summed E-state index contributed by atoms with van der Waals surface area (Å²) in [5, 5.41) is 7.06. The van der Waals surface area contributed by atoms with E-state index in [0.717, 1.165) is 5.56 Å². The van der Waals surface area contributed by atoms with Gasteiger partial charge in [-0.05, 0) is 42.3 Å². The molecule has 0 fully saturated rings. The smallest absolute Gasteiger partial charge is 0.350 e. The van der Waals surface area contributed by atoms with Crippen molar-refractivity contribution in [2.75, 3.05) is 20.3 Å². The second-order valence-electron chi connectivity index (χ2n) is 6.42. The van der Waals surface area contributed by atoms with E-state index in [0.29, 0.717) is 43.3 Å². The third-order valence-corrected chi connectivity index (χ3v) is 4.31. The van der Waals surface area contributed by atoms with Gasteiger partial charge in [-0.1, -0.05) is 24.8 Å². The van der Waals surface area contributed by atoms with Crippen LogP contribution in [0.5, 0.6) is 11.5 Å². The molecule has 3 rings (SSSR count). The highest BCUT2D eigenvalue weighted by atomic mass is 16.5. The van der Waals surface area contributed by atoms with Gasteiger partial charge in [-0.3, -0.25) is 9.20 Å². The number of carbonyl (C=O) groups excluding carboxylic acids is 1. The number of pyridine rings is 1. The number of nitrogens with one attached hydrogen (secondary N) is 1. The molecule has 2 heterocycles. The fourth-order valence-electron chi connectivity index (χ4n) is 2.84. The summed E-state index contributed by atoms with van der Waals surface area (Å²) >= 11 is 0. The first-order chi connectivity index (χ1) is 14.6. The monoisotopic (exact) mass is 408 g/mol. The minimum Gasteiger partial charge on any atom is -0.493 e. The fourth-order valence-corrected chi connectivity index (χ4v) is 2.84. The Hall–Kier alpha value is -3.81. The minimum absolute atomic E-state index is 0.189. The van der Waals surface area contributed by atoms with Gasteiger partial charge in [0.05, 0.1) is 7.11 Å². The van der Waals surface area contributed by atoms with Crippen LogP contribution < -0.4 is 20.5 Å². The van der Waals surface area contributed by atoms with Crippen molar-refractivity contribution in [2.24, 2.45) is 0 Å². The van der Waals surface area contributed by atoms with Gasteiger partial charge < -0.3 is 14.8 Å². The predicted molar refractivity (Wildman–Crippen MR) is 115 cm³/mol. The number of aromatic nitrogens is 3. The van der Waals surface area contributed by atoms with Gasteiger partial charge in [-0.25, -0.2) is 9.48 Å². The first-order valence-corrected chi connectivity index (χ1v) is 9.54. The number of hydrogen-bond acceptors (Lipinski definition) is 5. The molecule has 30 heavy (non-hydrogen) atoms. The Morgan fingerprint density at radius 3 is 2.90 bits per heavy atom. The predicted octanol–water partition coefficient (Wildman–Crippen LogP) is 2.29. The highest BCUT2D eigenvalue weighted by Crippen LogP contribution is 2.28. The molecule has 0 radical (unpaired) electrons. The number of amides is 1. The maximum Gasteiger partial charge on any atom is 0.350 e. The van der Waals surface area contributed by atoms with Gasteiger partial charge in [-0.15, -0.1) is 5.10 Å². The van der Waals surface area contributed by atoms with Crippen LogP contribution in [-0.4, -0.2) is 40.3 Å². The highest BCUT2D eigenvalue weighted by molar-refractivity contribution is 5.91. The largest absolute Gasteiger partial charge is 0.493 e. The van der Waals surface area contributed by atoms with Crippen molar-refractivity contribution >= 4 is 17.6 Å². The number of rotatable bonds is 10. The summed E-state index contributed by atoms with van der Waals surface area (Å²) in [4.78, 5) is 24.2. The van der Waals surface area contributed by atoms with Gasteiger partial charge in [0.15, 0.2) is 17.1 Å². The number of nitrogens with zero attached hydrogens (tertiary/aromatic N) is 3. The van der Waals surface area contributed by atoms with Crippen LogP contribution in [0.25, 0.3) is 11.7 Å². The molecule has 0 saturated heterocycles. The molecule has 8 heteroatoms. The molecule has 8 nitrogen and oxygen atoms in total. The summed E-state index contributed by atoms with van der Waals surface area (Å²) in [6.07, 6.45) is 7.08. The third kappa shape index (κ3) is 5.16. The molecule has 0 saturated carbocycles. The molecule has 156 valence electrons. The molecule has 3 aromatic rings. The van der Waals surface area contributed by atoms with Gasteiger partial charge >= 0.3 is 5.69 Å². The van der Waals surface area contributed by atoms with Gasteiger partial charge in [0.1, 0.15) is 6.61 Å². The summed E-state index contributed by atoms with van der Waals surface area (Å²) < 4.78 is 13.7. The molecule has 0 aliphatic rings. The lowest BCUT2D eigenvalue weighted by atomic mass is 10.2. The number of hydrogen-bond donors (Lipinski definition) is 1. The van der Waals surface area contributed by atoms with Crippen molar-refractivity contribution in [2.45, 2.75) is 13.0 Å². The van der Waals surface area contributed by atoms with Gasteiger partial charge in [-0.2, -0.15) is 0 Å². The van der Waals surface area contributed by atoms with Crippen LogP contribution in [0.15, 0.2) is 66.1 Å². The highest BCUT2D eigenvalue weighted by Gasteiger charge is 2.06. The number of aryl methyl sites for hydroxylation is 1. The van der Waals surface area contributed by atoms with Crippen molar-refractivity contribution in [3.63, 3.8) is 0 Å². The lowest BCUT2D eigenvalue weighted by Crippen LogP contribution is -2.26. The molecular weight excluding hydrogens is 384 g/mol. The van der Waals surface area contributed by atoms with Crippen molar-refractivity contribution in [3.05, 3.63) is 77.4 Å². The van der Waals surface area contributed by atoms with E-state index in [4.69, 9.17) is 9.47 Å². The first kappa shape index (κ1) is 20.9. The minimum atomic E-state index is -0.219. The average Bonchev–Trinajstić information content (AvgIpc) is 3.09. The van der Waals surface area contributed by atoms with Crippen molar-refractivity contribution in [1.29, 1.82) is 0 Å². The molecular formula is C22H24N4O4. The SMILES string of the molecule is C=CCOc1ccc(/C=C/C(=O)NCCCn2nc3ccccn3c2=O)cc1OC. The third-order valence-electron chi connectivity index (χ3n) is 4.31. The molecule has 0 unspecified atom stereocenters. The number of fused-ring (bicyclic) bond motifs is 1. The zero-order valence-corrected chi connectivity index (χ0v) is 16.8. The zero-order chi connectivity index (χ0) is 21.3. The lowest BCUT2D eigenvalue weighted by Gasteiger charge is -2.09. The van der Waals surface area contributed by atoms with Crippen LogP contribution in [0.4, 0.5) is 0 Å². The normalized spacial score (nSPS) is 11.0. The first-order valence-electron chi connectivity index (χ1n) is 9.54. The molecule has 0 atom stereocenters. The molecule has 0 bridgehead atoms. The summed E-state index contributed by atoms with van der Waals surface area (Å²) in [7, 11) is 1.56. The van der Waals surface area contributed by atoms with Crippen LogP contribution in [0, 0.1) is 0 Å². The molecule has 2 aromatic heterocycles. The van der Waals surface area contributed by atoms with Crippen molar-refractivity contribution in [3.8, 4) is 11.5 Å². The number of methoxy groups -OCH3 is 1. The van der Waals surface area contributed by atoms with Crippen LogP contribution in [-0.2, 0) is 11.3 Å². The van der Waals surface area contributed by atoms with Gasteiger partial charge in [0, 0.05) is 25.4 Å². The summed E-state index contributed by atoms with van der Waals surface area (Å²) in [6, 6.07) is 10.8. The Morgan fingerprint density at radius 1 is 1.27 bits per heavy atom. The second-order valence-corrected chi connectivity index (χ2v) is 6.42. The van der Waals surface area contributed by atoms with Crippen LogP contribution in [0.2, 0.25) is 0 Å². The summed E-state index contributed by atoms with van der Waals surface area (Å²) in [6.45, 7) is 4.86. The van der Waals surface area contributed by atoms with E-state index in [1.165, 1.54) is 15.2 Å². The molecule has 1 aromatic carbocycles. The van der Waals surface area contributed by atoms with E-state index in [-0.39, 0.29) is 11.6 Å². The van der Waals surface area contributed by atoms with E-state index >= 15 is 0 Å². The quantitative estimate of drug-likeness (QED) is 0.316. The zero-order valence-electron chi connectivity index (χ0n) is 16.8. The van der Waals surface area contributed by atoms with Crippen molar-refractivity contribution < 1.29 is 14.3 Å². The Morgan fingerprint density at radius 2 is 2.13 bits per heavy atom. The molecule has 1 N–H and O–H groups in total. The maximum absolute atomic E-state index is 12.2. The maximum atomic E-state index is 12.2. The molecule has 0 aliphatic heterocycles. The number of ether oxygens (including phenoxy) is 2. The fraction of sp³-hybridized carbons (Fsp3) is 0.227. The Kier molecular flexibility index (Phi) is 7.05. The standard InChI is InChI=1S/C22H24N4O4/c1-3-15-30-18-10-8-17(16-19(18)29-2)9-11-21(27)23-12-6-14-26-22(28)25-13-5-4-7-20(25)24-26/h3-5,7-11,13,16H,1,6,12,14-15H2,2H3,(H,23,27)/b11-9+. The van der Waals surface area contributed by atoms with E-state index in [1.54, 1.807) is 49.7 Å². The summed E-state index contributed by atoms with van der Waals surface area (Å²) in [5.41, 5.74) is 1.22. The average molecular weight is 408 g/mol. The number of benzene rings is 1. The van der Waals surface area contributed by atoms with Crippen LogP contribution in [0.3, 0.4) is 0 Å². The number of carbonyl (C=O) groups is 1. The van der Waals surface area contributed by atoms with Gasteiger partial charge in [0.2, 0.25) is 5.91 Å².